The van der Waals surface area contributed by atoms with Gasteiger partial charge in [-0.25, -0.2) is 8.78 Å². The molecule has 0 aliphatic rings. The monoisotopic (exact) mass is 214 g/mol. The number of nitrogens with one attached hydrogen (secondary N) is 1. The van der Waals surface area contributed by atoms with E-state index in [9.17, 15) is 13.6 Å². The van der Waals surface area contributed by atoms with Gasteiger partial charge in [0.15, 0.2) is 11.6 Å². The lowest BCUT2D eigenvalue weighted by atomic mass is 10.2. The minimum Gasteiger partial charge on any atom is -0.395 e. The van der Waals surface area contributed by atoms with Crippen LogP contribution in [0.2, 0.25) is 0 Å². The van der Waals surface area contributed by atoms with E-state index < -0.39 is 11.6 Å². The van der Waals surface area contributed by atoms with Crippen LogP contribution in [0.3, 0.4) is 0 Å². The van der Waals surface area contributed by atoms with E-state index >= 15 is 0 Å². The number of halogens is 2. The molecule has 3 nitrogen and oxygen atoms in total. The number of benzene rings is 1. The second kappa shape index (κ2) is 4.72. The van der Waals surface area contributed by atoms with Gasteiger partial charge in [-0.3, -0.25) is 4.79 Å². The summed E-state index contributed by atoms with van der Waals surface area (Å²) in [5.74, 6) is -2.43. The van der Waals surface area contributed by atoms with Crippen LogP contribution >= 0.6 is 0 Å². The number of nitrogens with two attached hydrogens (primary N) is 1. The number of anilines is 2. The van der Waals surface area contributed by atoms with Gasteiger partial charge in [-0.2, -0.15) is 0 Å². The molecule has 1 aromatic carbocycles. The fourth-order valence-corrected chi connectivity index (χ4v) is 1.12. The number of hydrogen-bond acceptors (Lipinski definition) is 2. The van der Waals surface area contributed by atoms with Crippen LogP contribution in [0.5, 0.6) is 0 Å². The average molecular weight is 214 g/mol. The van der Waals surface area contributed by atoms with Gasteiger partial charge in [-0.1, -0.05) is 6.92 Å². The summed E-state index contributed by atoms with van der Waals surface area (Å²) in [4.78, 5) is 11.2. The summed E-state index contributed by atoms with van der Waals surface area (Å²) >= 11 is 0. The van der Waals surface area contributed by atoms with Gasteiger partial charge >= 0.3 is 0 Å². The van der Waals surface area contributed by atoms with Crippen molar-refractivity contribution in [2.75, 3.05) is 11.1 Å². The molecule has 0 heterocycles. The number of nitrogen functional groups attached to an aromatic ring is 1. The Hall–Kier alpha value is -1.65. The van der Waals surface area contributed by atoms with Gasteiger partial charge in [-0.05, 0) is 18.6 Å². The highest BCUT2D eigenvalue weighted by molar-refractivity contribution is 5.93. The van der Waals surface area contributed by atoms with Crippen LogP contribution in [-0.2, 0) is 4.79 Å². The zero-order chi connectivity index (χ0) is 11.4. The quantitative estimate of drug-likeness (QED) is 0.758. The number of carbonyl (C=O) groups is 1. The lowest BCUT2D eigenvalue weighted by Crippen LogP contribution is -2.13. The van der Waals surface area contributed by atoms with Gasteiger partial charge in [0.05, 0.1) is 11.4 Å². The number of carbonyl (C=O) groups excluding carboxylic acids is 1. The third kappa shape index (κ3) is 2.65. The zero-order valence-electron chi connectivity index (χ0n) is 8.31. The molecule has 3 N–H and O–H groups in total. The van der Waals surface area contributed by atoms with E-state index in [-0.39, 0.29) is 17.3 Å². The fourth-order valence-electron chi connectivity index (χ4n) is 1.12. The van der Waals surface area contributed by atoms with E-state index in [1.807, 2.05) is 6.92 Å². The van der Waals surface area contributed by atoms with Gasteiger partial charge in [0.25, 0.3) is 0 Å². The van der Waals surface area contributed by atoms with Crippen molar-refractivity contribution < 1.29 is 13.6 Å². The Morgan fingerprint density at radius 1 is 1.47 bits per heavy atom. The van der Waals surface area contributed by atoms with Crippen molar-refractivity contribution in [2.24, 2.45) is 0 Å². The summed E-state index contributed by atoms with van der Waals surface area (Å²) in [6.45, 7) is 1.84. The van der Waals surface area contributed by atoms with E-state index in [1.165, 1.54) is 6.07 Å². The first-order valence-corrected chi connectivity index (χ1v) is 4.59. The van der Waals surface area contributed by atoms with Crippen LogP contribution in [0, 0.1) is 11.6 Å². The van der Waals surface area contributed by atoms with Gasteiger partial charge in [0.1, 0.15) is 0 Å². The normalized spacial score (nSPS) is 10.1. The van der Waals surface area contributed by atoms with E-state index in [1.54, 1.807) is 0 Å². The van der Waals surface area contributed by atoms with Crippen LogP contribution in [0.25, 0.3) is 0 Å². The summed E-state index contributed by atoms with van der Waals surface area (Å²) < 4.78 is 25.7. The molecule has 0 spiro atoms. The SMILES string of the molecule is CCCC(=O)Nc1ccc(F)c(F)c1N. The second-order valence-corrected chi connectivity index (χ2v) is 3.12. The molecule has 0 saturated carbocycles. The highest BCUT2D eigenvalue weighted by Crippen LogP contribution is 2.23. The van der Waals surface area contributed by atoms with E-state index in [4.69, 9.17) is 5.73 Å². The number of amides is 1. The van der Waals surface area contributed by atoms with Gasteiger partial charge < -0.3 is 11.1 Å². The predicted molar refractivity (Wildman–Crippen MR) is 54.3 cm³/mol. The largest absolute Gasteiger partial charge is 0.395 e. The van der Waals surface area contributed by atoms with Gasteiger partial charge in [-0.15, -0.1) is 0 Å². The van der Waals surface area contributed by atoms with Crippen molar-refractivity contribution in [2.45, 2.75) is 19.8 Å². The zero-order valence-corrected chi connectivity index (χ0v) is 8.31. The average Bonchev–Trinajstić information content (AvgIpc) is 2.20. The van der Waals surface area contributed by atoms with Crippen LogP contribution in [0.15, 0.2) is 12.1 Å². The lowest BCUT2D eigenvalue weighted by molar-refractivity contribution is -0.116. The number of rotatable bonds is 3. The van der Waals surface area contributed by atoms with Crippen molar-refractivity contribution in [1.29, 1.82) is 0 Å². The van der Waals surface area contributed by atoms with Crippen molar-refractivity contribution in [3.05, 3.63) is 23.8 Å². The Morgan fingerprint density at radius 3 is 2.73 bits per heavy atom. The number of hydrogen-bond donors (Lipinski definition) is 2. The summed E-state index contributed by atoms with van der Waals surface area (Å²) in [5.41, 5.74) is 5.03. The van der Waals surface area contributed by atoms with E-state index in [0.717, 1.165) is 6.07 Å². The highest BCUT2D eigenvalue weighted by Gasteiger charge is 2.11. The van der Waals surface area contributed by atoms with E-state index in [2.05, 4.69) is 5.32 Å². The molecule has 0 unspecified atom stereocenters. The van der Waals surface area contributed by atoms with E-state index in [0.29, 0.717) is 12.8 Å². The Kier molecular flexibility index (Phi) is 3.60. The molecule has 5 heteroatoms. The molecule has 0 aliphatic heterocycles. The maximum Gasteiger partial charge on any atom is 0.224 e. The molecule has 0 aliphatic carbocycles. The molecular formula is C10H12F2N2O. The van der Waals surface area contributed by atoms with Crippen LogP contribution in [-0.4, -0.2) is 5.91 Å². The summed E-state index contributed by atoms with van der Waals surface area (Å²) in [6.07, 6.45) is 0.994. The summed E-state index contributed by atoms with van der Waals surface area (Å²) in [7, 11) is 0. The topological polar surface area (TPSA) is 55.1 Å². The standard InChI is InChI=1S/C10H12F2N2O/c1-2-3-8(15)14-7-5-4-6(11)9(12)10(7)13/h4-5H,2-3,13H2,1H3,(H,14,15). The molecule has 1 rings (SSSR count). The summed E-state index contributed by atoms with van der Waals surface area (Å²) in [5, 5.41) is 2.41. The smallest absolute Gasteiger partial charge is 0.224 e. The van der Waals surface area contributed by atoms with Crippen molar-refractivity contribution in [3.63, 3.8) is 0 Å². The maximum absolute atomic E-state index is 13.0. The molecule has 0 aromatic heterocycles. The highest BCUT2D eigenvalue weighted by atomic mass is 19.2. The first-order chi connectivity index (χ1) is 7.06. The molecule has 0 fully saturated rings. The molecule has 0 atom stereocenters. The molecule has 15 heavy (non-hydrogen) atoms. The Bertz CT molecular complexity index is 380. The molecule has 82 valence electrons. The molecular weight excluding hydrogens is 202 g/mol. The van der Waals surface area contributed by atoms with Gasteiger partial charge in [0, 0.05) is 6.42 Å². The molecule has 1 amide bonds. The first-order valence-electron chi connectivity index (χ1n) is 4.59. The minimum atomic E-state index is -1.13. The van der Waals surface area contributed by atoms with Gasteiger partial charge in [0.2, 0.25) is 5.91 Å². The molecule has 0 saturated heterocycles. The molecule has 0 radical (unpaired) electrons. The van der Waals surface area contributed by atoms with Crippen LogP contribution in [0.1, 0.15) is 19.8 Å². The maximum atomic E-state index is 13.0. The molecule has 1 aromatic rings. The first kappa shape index (κ1) is 11.4. The Balaban J connectivity index is 2.87. The Morgan fingerprint density at radius 2 is 2.13 bits per heavy atom. The fraction of sp³-hybridized carbons (Fsp3) is 0.300. The predicted octanol–water partition coefficient (Wildman–Crippen LogP) is 2.29. The summed E-state index contributed by atoms with van der Waals surface area (Å²) in [6, 6.07) is 2.16. The third-order valence-corrected chi connectivity index (χ3v) is 1.88. The van der Waals surface area contributed by atoms with Crippen molar-refractivity contribution in [3.8, 4) is 0 Å². The van der Waals surface area contributed by atoms with Crippen LogP contribution < -0.4 is 11.1 Å². The third-order valence-electron chi connectivity index (χ3n) is 1.88. The molecule has 0 bridgehead atoms. The van der Waals surface area contributed by atoms with Crippen molar-refractivity contribution in [1.82, 2.24) is 0 Å². The van der Waals surface area contributed by atoms with Crippen molar-refractivity contribution >= 4 is 17.3 Å². The lowest BCUT2D eigenvalue weighted by Gasteiger charge is -2.08. The minimum absolute atomic E-state index is 0.104. The Labute approximate surface area is 86.3 Å². The van der Waals surface area contributed by atoms with Crippen LogP contribution in [0.4, 0.5) is 20.2 Å². The second-order valence-electron chi connectivity index (χ2n) is 3.12.